The molecule has 106 valence electrons. The zero-order valence-corrected chi connectivity index (χ0v) is 11.6. The highest BCUT2D eigenvalue weighted by molar-refractivity contribution is 5.47. The average Bonchev–Trinajstić information content (AvgIpc) is 2.71. The normalized spacial score (nSPS) is 26.4. The monoisotopic (exact) mass is 267 g/mol. The van der Waals surface area contributed by atoms with Crippen molar-refractivity contribution in [3.63, 3.8) is 0 Å². The SMILES string of the molecule is CCOc1ncnc(NCC2(O)CCOC2C)c1C. The van der Waals surface area contributed by atoms with Crippen LogP contribution < -0.4 is 10.1 Å². The first-order chi connectivity index (χ1) is 9.07. The van der Waals surface area contributed by atoms with Gasteiger partial charge in [-0.25, -0.2) is 9.97 Å². The molecule has 2 atom stereocenters. The van der Waals surface area contributed by atoms with E-state index in [1.807, 2.05) is 20.8 Å². The molecule has 0 aromatic carbocycles. The molecule has 0 saturated carbocycles. The lowest BCUT2D eigenvalue weighted by atomic mass is 9.97. The molecule has 1 aromatic rings. The second-order valence-corrected chi connectivity index (χ2v) is 4.81. The van der Waals surface area contributed by atoms with Crippen LogP contribution in [-0.4, -0.2) is 46.5 Å². The molecule has 2 heterocycles. The molecule has 2 rings (SSSR count). The van der Waals surface area contributed by atoms with Crippen molar-refractivity contribution >= 4 is 5.82 Å². The van der Waals surface area contributed by atoms with Crippen LogP contribution in [0, 0.1) is 6.92 Å². The average molecular weight is 267 g/mol. The van der Waals surface area contributed by atoms with Crippen LogP contribution in [0.2, 0.25) is 0 Å². The molecule has 1 aromatic heterocycles. The first-order valence-corrected chi connectivity index (χ1v) is 6.59. The number of anilines is 1. The van der Waals surface area contributed by atoms with Gasteiger partial charge in [-0.05, 0) is 20.8 Å². The number of hydrogen-bond donors (Lipinski definition) is 2. The Morgan fingerprint density at radius 2 is 2.37 bits per heavy atom. The molecule has 1 fully saturated rings. The van der Waals surface area contributed by atoms with Gasteiger partial charge < -0.3 is 19.9 Å². The van der Waals surface area contributed by atoms with E-state index in [0.29, 0.717) is 37.9 Å². The van der Waals surface area contributed by atoms with E-state index in [4.69, 9.17) is 9.47 Å². The molecule has 2 unspecified atom stereocenters. The standard InChI is InChI=1S/C13H21N3O3/c1-4-18-12-9(2)11(15-8-16-12)14-7-13(17)5-6-19-10(13)3/h8,10,17H,4-7H2,1-3H3,(H,14,15,16). The minimum atomic E-state index is -0.844. The van der Waals surface area contributed by atoms with Gasteiger partial charge in [-0.2, -0.15) is 0 Å². The number of nitrogens with one attached hydrogen (secondary N) is 1. The lowest BCUT2D eigenvalue weighted by molar-refractivity contribution is -0.0176. The van der Waals surface area contributed by atoms with Crippen LogP contribution >= 0.6 is 0 Å². The fourth-order valence-corrected chi connectivity index (χ4v) is 2.13. The smallest absolute Gasteiger partial charge is 0.221 e. The van der Waals surface area contributed by atoms with Gasteiger partial charge in [0.15, 0.2) is 0 Å². The molecule has 0 bridgehead atoms. The highest BCUT2D eigenvalue weighted by Crippen LogP contribution is 2.27. The quantitative estimate of drug-likeness (QED) is 0.833. The summed E-state index contributed by atoms with van der Waals surface area (Å²) in [5.41, 5.74) is 0.00270. The van der Waals surface area contributed by atoms with E-state index in [1.165, 1.54) is 6.33 Å². The number of ether oxygens (including phenoxy) is 2. The van der Waals surface area contributed by atoms with Gasteiger partial charge >= 0.3 is 0 Å². The summed E-state index contributed by atoms with van der Waals surface area (Å²) in [7, 11) is 0. The van der Waals surface area contributed by atoms with Crippen molar-refractivity contribution < 1.29 is 14.6 Å². The molecular weight excluding hydrogens is 246 g/mol. The third-order valence-electron chi connectivity index (χ3n) is 3.54. The molecule has 0 aliphatic carbocycles. The maximum atomic E-state index is 10.4. The van der Waals surface area contributed by atoms with E-state index < -0.39 is 5.60 Å². The molecule has 2 N–H and O–H groups in total. The van der Waals surface area contributed by atoms with Gasteiger partial charge in [0.05, 0.1) is 18.3 Å². The van der Waals surface area contributed by atoms with Gasteiger partial charge in [0.25, 0.3) is 0 Å². The first kappa shape index (κ1) is 14.0. The highest BCUT2D eigenvalue weighted by Gasteiger charge is 2.39. The largest absolute Gasteiger partial charge is 0.478 e. The number of aromatic nitrogens is 2. The summed E-state index contributed by atoms with van der Waals surface area (Å²) in [6, 6.07) is 0. The van der Waals surface area contributed by atoms with E-state index >= 15 is 0 Å². The van der Waals surface area contributed by atoms with Crippen LogP contribution in [0.25, 0.3) is 0 Å². The van der Waals surface area contributed by atoms with Crippen LogP contribution in [-0.2, 0) is 4.74 Å². The molecule has 0 radical (unpaired) electrons. The Morgan fingerprint density at radius 3 is 3.00 bits per heavy atom. The van der Waals surface area contributed by atoms with Crippen LogP contribution in [0.4, 0.5) is 5.82 Å². The zero-order chi connectivity index (χ0) is 13.9. The van der Waals surface area contributed by atoms with Gasteiger partial charge in [0.1, 0.15) is 17.7 Å². The second kappa shape index (κ2) is 5.71. The molecule has 1 aliphatic rings. The Labute approximate surface area is 113 Å². The van der Waals surface area contributed by atoms with Crippen LogP contribution in [0.3, 0.4) is 0 Å². The van der Waals surface area contributed by atoms with Gasteiger partial charge in [-0.1, -0.05) is 0 Å². The third-order valence-corrected chi connectivity index (χ3v) is 3.54. The summed E-state index contributed by atoms with van der Waals surface area (Å²) >= 11 is 0. The summed E-state index contributed by atoms with van der Waals surface area (Å²) in [5.74, 6) is 1.26. The molecule has 6 heteroatoms. The van der Waals surface area contributed by atoms with Crippen molar-refractivity contribution in [1.29, 1.82) is 0 Å². The van der Waals surface area contributed by atoms with Crippen LogP contribution in [0.15, 0.2) is 6.33 Å². The molecule has 0 amide bonds. The predicted octanol–water partition coefficient (Wildman–Crippen LogP) is 1.14. The predicted molar refractivity (Wildman–Crippen MR) is 71.4 cm³/mol. The first-order valence-electron chi connectivity index (χ1n) is 6.59. The molecule has 0 spiro atoms. The van der Waals surface area contributed by atoms with E-state index in [1.54, 1.807) is 0 Å². The summed E-state index contributed by atoms with van der Waals surface area (Å²) in [4.78, 5) is 8.26. The number of rotatable bonds is 5. The van der Waals surface area contributed by atoms with Crippen LogP contribution in [0.5, 0.6) is 5.88 Å². The Kier molecular flexibility index (Phi) is 4.21. The molecule has 19 heavy (non-hydrogen) atoms. The lowest BCUT2D eigenvalue weighted by Gasteiger charge is -2.26. The van der Waals surface area contributed by atoms with E-state index in [9.17, 15) is 5.11 Å². The van der Waals surface area contributed by atoms with Crippen molar-refractivity contribution in [2.75, 3.05) is 25.1 Å². The van der Waals surface area contributed by atoms with Crippen molar-refractivity contribution in [2.45, 2.75) is 38.9 Å². The Balaban J connectivity index is 2.05. The molecule has 6 nitrogen and oxygen atoms in total. The van der Waals surface area contributed by atoms with Crippen LogP contribution in [0.1, 0.15) is 25.8 Å². The maximum absolute atomic E-state index is 10.4. The number of nitrogens with zero attached hydrogens (tertiary/aromatic N) is 2. The molecule has 1 saturated heterocycles. The van der Waals surface area contributed by atoms with Gasteiger partial charge in [-0.3, -0.25) is 0 Å². The second-order valence-electron chi connectivity index (χ2n) is 4.81. The van der Waals surface area contributed by atoms with Gasteiger partial charge in [-0.15, -0.1) is 0 Å². The van der Waals surface area contributed by atoms with E-state index in [-0.39, 0.29) is 6.10 Å². The van der Waals surface area contributed by atoms with Gasteiger partial charge in [0, 0.05) is 19.6 Å². The van der Waals surface area contributed by atoms with Crippen molar-refractivity contribution in [3.05, 3.63) is 11.9 Å². The lowest BCUT2D eigenvalue weighted by Crippen LogP contribution is -2.43. The zero-order valence-electron chi connectivity index (χ0n) is 11.6. The summed E-state index contributed by atoms with van der Waals surface area (Å²) in [6.07, 6.45) is 1.91. The number of aliphatic hydroxyl groups is 1. The Bertz CT molecular complexity index is 441. The van der Waals surface area contributed by atoms with Crippen molar-refractivity contribution in [2.24, 2.45) is 0 Å². The number of hydrogen-bond acceptors (Lipinski definition) is 6. The molecule has 1 aliphatic heterocycles. The minimum absolute atomic E-state index is 0.173. The summed E-state index contributed by atoms with van der Waals surface area (Å²) in [6.45, 7) is 7.24. The fourth-order valence-electron chi connectivity index (χ4n) is 2.13. The maximum Gasteiger partial charge on any atom is 0.221 e. The van der Waals surface area contributed by atoms with E-state index in [0.717, 1.165) is 5.56 Å². The topological polar surface area (TPSA) is 76.5 Å². The third kappa shape index (κ3) is 2.96. The Morgan fingerprint density at radius 1 is 1.58 bits per heavy atom. The minimum Gasteiger partial charge on any atom is -0.478 e. The summed E-state index contributed by atoms with van der Waals surface area (Å²) in [5, 5.41) is 13.6. The summed E-state index contributed by atoms with van der Waals surface area (Å²) < 4.78 is 10.8. The van der Waals surface area contributed by atoms with Gasteiger partial charge in [0.2, 0.25) is 5.88 Å². The fraction of sp³-hybridized carbons (Fsp3) is 0.692. The van der Waals surface area contributed by atoms with E-state index in [2.05, 4.69) is 15.3 Å². The Hall–Kier alpha value is -1.40. The van der Waals surface area contributed by atoms with Crippen molar-refractivity contribution in [3.8, 4) is 5.88 Å². The van der Waals surface area contributed by atoms with Crippen molar-refractivity contribution in [1.82, 2.24) is 9.97 Å². The highest BCUT2D eigenvalue weighted by atomic mass is 16.5. The molecular formula is C13H21N3O3.